The average Bonchev–Trinajstić information content (AvgIpc) is 3.16. The molecule has 5 aromatic rings. The van der Waals surface area contributed by atoms with Crippen molar-refractivity contribution >= 4 is 48.1 Å². The number of amides is 1. The van der Waals surface area contributed by atoms with Crippen LogP contribution in [-0.4, -0.2) is 40.6 Å². The first kappa shape index (κ1) is 38.0. The molecule has 0 aliphatic heterocycles. The highest BCUT2D eigenvalue weighted by Crippen LogP contribution is 2.34. The minimum absolute atomic E-state index is 0.0603. The minimum Gasteiger partial charge on any atom is -0.307 e. The van der Waals surface area contributed by atoms with Crippen LogP contribution in [0.15, 0.2) is 101 Å². The van der Waals surface area contributed by atoms with Gasteiger partial charge in [0.15, 0.2) is 28.2 Å². The maximum absolute atomic E-state index is 14.8. The second kappa shape index (κ2) is 15.3. The van der Waals surface area contributed by atoms with Crippen molar-refractivity contribution in [2.75, 3.05) is 23.2 Å². The van der Waals surface area contributed by atoms with E-state index < -0.39 is 66.2 Å². The van der Waals surface area contributed by atoms with Gasteiger partial charge in [0.05, 0.1) is 18.0 Å². The van der Waals surface area contributed by atoms with E-state index in [2.05, 4.69) is 4.72 Å². The molecular formula is C39H37F4N3O5S2. The van der Waals surface area contributed by atoms with E-state index in [1.807, 2.05) is 24.3 Å². The van der Waals surface area contributed by atoms with Crippen LogP contribution in [0.3, 0.4) is 0 Å². The molecule has 0 radical (unpaired) electrons. The van der Waals surface area contributed by atoms with Gasteiger partial charge in [-0.2, -0.15) is 4.31 Å². The zero-order chi connectivity index (χ0) is 38.1. The van der Waals surface area contributed by atoms with Crippen LogP contribution < -0.4 is 9.62 Å². The SMILES string of the molecule is Cc1c(F)c(F)c(S(=O)(=O)N(C)CC(=O)N(Cc2ccc(C3CCCCC3)cc2)c2ccc(NS(=O)(=O)c3cccc4ccccc34)cc2)c(F)c1F. The molecule has 0 unspecified atom stereocenters. The van der Waals surface area contributed by atoms with Gasteiger partial charge in [-0.15, -0.1) is 0 Å². The highest BCUT2D eigenvalue weighted by molar-refractivity contribution is 7.93. The van der Waals surface area contributed by atoms with Gasteiger partial charge in [-0.05, 0) is 72.5 Å². The molecule has 1 aliphatic carbocycles. The smallest absolute Gasteiger partial charge is 0.262 e. The highest BCUT2D eigenvalue weighted by Gasteiger charge is 2.36. The maximum atomic E-state index is 14.8. The molecule has 6 rings (SSSR count). The quantitative estimate of drug-likeness (QED) is 0.107. The summed E-state index contributed by atoms with van der Waals surface area (Å²) in [5.74, 6) is -8.34. The Morgan fingerprint density at radius 3 is 2.00 bits per heavy atom. The lowest BCUT2D eigenvalue weighted by Crippen LogP contribution is -2.41. The van der Waals surface area contributed by atoms with Crippen LogP contribution in [0.5, 0.6) is 0 Å². The van der Waals surface area contributed by atoms with Crippen LogP contribution in [0.2, 0.25) is 0 Å². The van der Waals surface area contributed by atoms with E-state index in [0.29, 0.717) is 21.2 Å². The molecule has 1 fully saturated rings. The third-order valence-corrected chi connectivity index (χ3v) is 12.9. The van der Waals surface area contributed by atoms with Crippen LogP contribution in [0.4, 0.5) is 28.9 Å². The first-order valence-corrected chi connectivity index (χ1v) is 19.9. The number of fused-ring (bicyclic) bond motifs is 1. The molecule has 8 nitrogen and oxygen atoms in total. The molecule has 0 bridgehead atoms. The van der Waals surface area contributed by atoms with Crippen molar-refractivity contribution in [2.24, 2.45) is 0 Å². The normalized spacial score (nSPS) is 14.1. The van der Waals surface area contributed by atoms with E-state index in [-0.39, 0.29) is 22.8 Å². The summed E-state index contributed by atoms with van der Waals surface area (Å²) in [4.78, 5) is 13.4. The topological polar surface area (TPSA) is 104 Å². The molecule has 1 aliphatic rings. The van der Waals surface area contributed by atoms with E-state index >= 15 is 0 Å². The van der Waals surface area contributed by atoms with Crippen LogP contribution in [0.25, 0.3) is 10.8 Å². The molecule has 278 valence electrons. The number of anilines is 2. The number of hydrogen-bond acceptors (Lipinski definition) is 5. The Hall–Kier alpha value is -4.79. The summed E-state index contributed by atoms with van der Waals surface area (Å²) in [6.45, 7) is -0.261. The molecule has 14 heteroatoms. The fraction of sp³-hybridized carbons (Fsp3) is 0.256. The largest absolute Gasteiger partial charge is 0.307 e. The summed E-state index contributed by atoms with van der Waals surface area (Å²) in [5, 5.41) is 1.27. The Labute approximate surface area is 306 Å². The number of nitrogens with one attached hydrogen (secondary N) is 1. The number of rotatable bonds is 11. The van der Waals surface area contributed by atoms with E-state index in [9.17, 15) is 39.2 Å². The molecule has 0 aromatic heterocycles. The Morgan fingerprint density at radius 2 is 1.36 bits per heavy atom. The predicted octanol–water partition coefficient (Wildman–Crippen LogP) is 8.41. The van der Waals surface area contributed by atoms with Crippen molar-refractivity contribution < 1.29 is 39.2 Å². The van der Waals surface area contributed by atoms with Gasteiger partial charge < -0.3 is 4.90 Å². The van der Waals surface area contributed by atoms with Crippen LogP contribution in [0.1, 0.15) is 54.7 Å². The molecule has 1 amide bonds. The van der Waals surface area contributed by atoms with Gasteiger partial charge in [0.1, 0.15) is 0 Å². The standard InChI is InChI=1S/C39H37F4N3O5S2/c1-25-35(40)37(42)39(38(43)36(25)41)53(50,51)45(2)24-34(47)46(23-26-15-17-28(18-16-26)27-9-4-3-5-10-27)31-21-19-30(20-22-31)44-52(48,49)33-14-8-12-29-11-6-7-13-32(29)33/h6-8,11-22,27,44H,3-5,9-10,23-24H2,1-2H3. The third-order valence-electron chi connectivity index (χ3n) is 9.64. The number of sulfonamides is 2. The average molecular weight is 768 g/mol. The second-order valence-electron chi connectivity index (χ2n) is 13.2. The number of carbonyl (C=O) groups excluding carboxylic acids is 1. The monoisotopic (exact) mass is 767 g/mol. The highest BCUT2D eigenvalue weighted by atomic mass is 32.2. The van der Waals surface area contributed by atoms with Gasteiger partial charge in [-0.25, -0.2) is 34.4 Å². The van der Waals surface area contributed by atoms with Gasteiger partial charge >= 0.3 is 0 Å². The third kappa shape index (κ3) is 7.80. The summed E-state index contributed by atoms with van der Waals surface area (Å²) >= 11 is 0. The van der Waals surface area contributed by atoms with Crippen LogP contribution in [0, 0.1) is 30.2 Å². The minimum atomic E-state index is -5.25. The van der Waals surface area contributed by atoms with Gasteiger partial charge in [-0.3, -0.25) is 9.52 Å². The lowest BCUT2D eigenvalue weighted by atomic mass is 9.84. The van der Waals surface area contributed by atoms with Crippen LogP contribution in [-0.2, 0) is 31.4 Å². The van der Waals surface area contributed by atoms with Gasteiger partial charge in [0.25, 0.3) is 10.0 Å². The lowest BCUT2D eigenvalue weighted by molar-refractivity contribution is -0.118. The summed E-state index contributed by atoms with van der Waals surface area (Å²) < 4.78 is 115. The number of nitrogens with zero attached hydrogens (tertiary/aromatic N) is 2. The number of halogens is 4. The Morgan fingerprint density at radius 1 is 0.755 bits per heavy atom. The van der Waals surface area contributed by atoms with Crippen molar-refractivity contribution in [3.05, 3.63) is 131 Å². The van der Waals surface area contributed by atoms with E-state index in [0.717, 1.165) is 45.0 Å². The van der Waals surface area contributed by atoms with E-state index in [4.69, 9.17) is 0 Å². The van der Waals surface area contributed by atoms with Crippen molar-refractivity contribution in [1.29, 1.82) is 0 Å². The second-order valence-corrected chi connectivity index (χ2v) is 16.8. The van der Waals surface area contributed by atoms with E-state index in [1.165, 1.54) is 47.2 Å². The van der Waals surface area contributed by atoms with E-state index in [1.54, 1.807) is 36.4 Å². The molecule has 0 spiro atoms. The summed E-state index contributed by atoms with van der Waals surface area (Å²) in [6.07, 6.45) is 5.66. The summed E-state index contributed by atoms with van der Waals surface area (Å²) in [7, 11) is -8.43. The first-order valence-electron chi connectivity index (χ1n) is 17.0. The number of likely N-dealkylation sites (N-methyl/N-ethyl adjacent to an activating group) is 1. The Bertz CT molecular complexity index is 2350. The number of benzene rings is 5. The van der Waals surface area contributed by atoms with Crippen molar-refractivity contribution in [3.8, 4) is 0 Å². The predicted molar refractivity (Wildman–Crippen MR) is 195 cm³/mol. The summed E-state index contributed by atoms with van der Waals surface area (Å²) in [6, 6.07) is 25.5. The van der Waals surface area contributed by atoms with Gasteiger partial charge in [0.2, 0.25) is 15.9 Å². The molecule has 1 saturated carbocycles. The zero-order valence-electron chi connectivity index (χ0n) is 29.0. The molecule has 0 heterocycles. The first-order chi connectivity index (χ1) is 25.2. The van der Waals surface area contributed by atoms with Crippen LogP contribution >= 0.6 is 0 Å². The summed E-state index contributed by atoms with van der Waals surface area (Å²) in [5.41, 5.74) is 1.25. The number of carbonyl (C=O) groups is 1. The van der Waals surface area contributed by atoms with Crippen molar-refractivity contribution in [1.82, 2.24) is 4.31 Å². The Balaban J connectivity index is 1.29. The zero-order valence-corrected chi connectivity index (χ0v) is 30.6. The fourth-order valence-electron chi connectivity index (χ4n) is 6.65. The molecule has 0 saturated heterocycles. The molecular weight excluding hydrogens is 731 g/mol. The lowest BCUT2D eigenvalue weighted by Gasteiger charge is -2.27. The Kier molecular flexibility index (Phi) is 10.9. The molecule has 1 N–H and O–H groups in total. The van der Waals surface area contributed by atoms with Gasteiger partial charge in [0, 0.05) is 29.4 Å². The van der Waals surface area contributed by atoms with Crippen molar-refractivity contribution in [3.63, 3.8) is 0 Å². The van der Waals surface area contributed by atoms with Gasteiger partial charge in [-0.1, -0.05) is 79.9 Å². The van der Waals surface area contributed by atoms with Crippen molar-refractivity contribution in [2.45, 2.75) is 61.3 Å². The number of hydrogen-bond donors (Lipinski definition) is 1. The molecule has 0 atom stereocenters. The fourth-order valence-corrected chi connectivity index (χ4v) is 9.16. The molecule has 5 aromatic carbocycles. The maximum Gasteiger partial charge on any atom is 0.262 e. The molecule has 53 heavy (non-hydrogen) atoms.